The zero-order valence-electron chi connectivity index (χ0n) is 22.5. The van der Waals surface area contributed by atoms with Gasteiger partial charge in [0, 0.05) is 17.8 Å². The average molecular weight is 586 g/mol. The average Bonchev–Trinajstić information content (AvgIpc) is 2.96. The van der Waals surface area contributed by atoms with Gasteiger partial charge in [-0.3, -0.25) is 14.9 Å². The predicted octanol–water partition coefficient (Wildman–Crippen LogP) is 5.10. The molecular weight excluding hydrogens is 562 g/mol. The van der Waals surface area contributed by atoms with E-state index in [1.165, 1.54) is 30.3 Å². The van der Waals surface area contributed by atoms with Crippen molar-refractivity contribution in [3.63, 3.8) is 0 Å². The number of nitrogens with two attached hydrogens (primary N) is 1. The van der Waals surface area contributed by atoms with Crippen molar-refractivity contribution in [1.82, 2.24) is 9.97 Å². The van der Waals surface area contributed by atoms with E-state index in [4.69, 9.17) is 24.7 Å². The third kappa shape index (κ3) is 8.28. The topological polar surface area (TPSA) is 214 Å². The highest BCUT2D eigenvalue weighted by Gasteiger charge is 2.29. The maximum atomic E-state index is 12.2. The number of benzene rings is 3. The van der Waals surface area contributed by atoms with Crippen molar-refractivity contribution in [2.45, 2.75) is 6.92 Å². The number of nitrogens with zero attached hydrogens (tertiary/aromatic N) is 4. The molecule has 15 heteroatoms. The van der Waals surface area contributed by atoms with E-state index >= 15 is 0 Å². The zero-order valence-corrected chi connectivity index (χ0v) is 22.5. The molecule has 0 saturated carbocycles. The lowest BCUT2D eigenvalue weighted by Gasteiger charge is -2.13. The number of ether oxygens (including phenoxy) is 4. The van der Waals surface area contributed by atoms with Gasteiger partial charge in [-0.15, -0.1) is 0 Å². The smallest absolute Gasteiger partial charge is 0.373 e. The van der Waals surface area contributed by atoms with Crippen molar-refractivity contribution in [3.05, 3.63) is 88.5 Å². The molecular formula is C28H23N7O8. The van der Waals surface area contributed by atoms with E-state index in [0.717, 1.165) is 0 Å². The van der Waals surface area contributed by atoms with E-state index in [1.807, 2.05) is 6.07 Å². The SMILES string of the molecule is CCOC(=O)CNc1nc(Oc2cccc(NC(N)=O)c2)nc(Oc2cc(C#N)cc(Oc3ccccc3)c2)c1[N+](=O)[O-]. The van der Waals surface area contributed by atoms with Crippen LogP contribution in [0.3, 0.4) is 0 Å². The lowest BCUT2D eigenvalue weighted by molar-refractivity contribution is -0.385. The second kappa shape index (κ2) is 13.8. The minimum Gasteiger partial charge on any atom is -0.465 e. The standard InChI is InChI=1S/C28H23N7O8/c1-2-40-23(36)16-31-25-24(35(38)39)26(34-28(33-25)43-20-10-6-7-18(13-20)32-27(30)37)42-22-12-17(15-29)11-21(14-22)41-19-8-4-3-5-9-19/h3-14H,2,16H2,1H3,(H3,30,32,37)(H,31,33,34). The number of carbonyl (C=O) groups is 2. The molecule has 0 saturated heterocycles. The lowest BCUT2D eigenvalue weighted by atomic mass is 10.2. The third-order valence-electron chi connectivity index (χ3n) is 5.23. The van der Waals surface area contributed by atoms with Gasteiger partial charge in [0.15, 0.2) is 0 Å². The molecule has 0 aliphatic rings. The summed E-state index contributed by atoms with van der Waals surface area (Å²) in [4.78, 5) is 42.7. The number of para-hydroxylation sites is 1. The molecule has 2 amide bonds. The molecule has 15 nitrogen and oxygen atoms in total. The summed E-state index contributed by atoms with van der Waals surface area (Å²) in [5.41, 5.74) is 4.87. The molecule has 0 unspecified atom stereocenters. The van der Waals surface area contributed by atoms with Crippen molar-refractivity contribution in [2.75, 3.05) is 23.8 Å². The van der Waals surface area contributed by atoms with Gasteiger partial charge in [-0.2, -0.15) is 15.2 Å². The molecule has 1 heterocycles. The number of hydrogen-bond acceptors (Lipinski definition) is 12. The number of carbonyl (C=O) groups excluding carboxylic acids is 2. The van der Waals surface area contributed by atoms with Crippen LogP contribution in [0.1, 0.15) is 12.5 Å². The molecule has 1 aromatic heterocycles. The van der Waals surface area contributed by atoms with Gasteiger partial charge in [-0.1, -0.05) is 24.3 Å². The first kappa shape index (κ1) is 29.6. The number of nitrogens with one attached hydrogen (secondary N) is 2. The van der Waals surface area contributed by atoms with Gasteiger partial charge in [0.05, 0.1) is 23.2 Å². The minimum absolute atomic E-state index is 0.0262. The number of primary amides is 1. The Hall–Kier alpha value is -6.43. The Morgan fingerprint density at radius 3 is 2.35 bits per heavy atom. The Bertz CT molecular complexity index is 1690. The van der Waals surface area contributed by atoms with Crippen molar-refractivity contribution in [3.8, 4) is 41.0 Å². The zero-order chi connectivity index (χ0) is 30.8. The molecule has 43 heavy (non-hydrogen) atoms. The lowest BCUT2D eigenvalue weighted by Crippen LogP contribution is -2.19. The highest BCUT2D eigenvalue weighted by molar-refractivity contribution is 5.88. The molecule has 0 aliphatic carbocycles. The number of hydrogen-bond donors (Lipinski definition) is 3. The summed E-state index contributed by atoms with van der Waals surface area (Å²) >= 11 is 0. The van der Waals surface area contributed by atoms with Gasteiger partial charge in [0.1, 0.15) is 29.5 Å². The fourth-order valence-electron chi connectivity index (χ4n) is 3.56. The van der Waals surface area contributed by atoms with E-state index in [-0.39, 0.29) is 29.4 Å². The Morgan fingerprint density at radius 1 is 0.953 bits per heavy atom. The molecule has 0 atom stereocenters. The second-order valence-corrected chi connectivity index (χ2v) is 8.37. The summed E-state index contributed by atoms with van der Waals surface area (Å²) in [6.07, 6.45) is 0. The van der Waals surface area contributed by atoms with E-state index in [0.29, 0.717) is 11.4 Å². The first-order chi connectivity index (χ1) is 20.7. The monoisotopic (exact) mass is 585 g/mol. The van der Waals surface area contributed by atoms with E-state index < -0.39 is 46.9 Å². The molecule has 0 spiro atoms. The number of amides is 2. The van der Waals surface area contributed by atoms with Crippen LogP contribution in [0.2, 0.25) is 0 Å². The molecule has 4 rings (SSSR count). The van der Waals surface area contributed by atoms with E-state index in [9.17, 15) is 25.0 Å². The molecule has 4 N–H and O–H groups in total. The third-order valence-corrected chi connectivity index (χ3v) is 5.23. The number of aromatic nitrogens is 2. The fraction of sp³-hybridized carbons (Fsp3) is 0.107. The minimum atomic E-state index is -0.806. The highest BCUT2D eigenvalue weighted by atomic mass is 16.6. The number of nitro groups is 1. The number of nitriles is 1. The number of rotatable bonds is 12. The van der Waals surface area contributed by atoms with Crippen LogP contribution in [0.4, 0.5) is 22.0 Å². The van der Waals surface area contributed by atoms with Gasteiger partial charge in [0.25, 0.3) is 0 Å². The second-order valence-electron chi connectivity index (χ2n) is 8.37. The predicted molar refractivity (Wildman–Crippen MR) is 151 cm³/mol. The quantitative estimate of drug-likeness (QED) is 0.112. The van der Waals surface area contributed by atoms with Crippen LogP contribution >= 0.6 is 0 Å². The Kier molecular flexibility index (Phi) is 9.46. The van der Waals surface area contributed by atoms with Gasteiger partial charge >= 0.3 is 29.6 Å². The number of esters is 1. The first-order valence-corrected chi connectivity index (χ1v) is 12.5. The Labute approximate surface area is 243 Å². The highest BCUT2D eigenvalue weighted by Crippen LogP contribution is 2.39. The molecule has 4 aromatic rings. The molecule has 218 valence electrons. The van der Waals surface area contributed by atoms with Gasteiger partial charge < -0.3 is 35.3 Å². The number of urea groups is 1. The number of anilines is 2. The van der Waals surface area contributed by atoms with E-state index in [2.05, 4.69) is 20.6 Å². The molecule has 0 aliphatic heterocycles. The summed E-state index contributed by atoms with van der Waals surface area (Å²) in [5, 5.41) is 26.7. The molecule has 3 aromatic carbocycles. The fourth-order valence-corrected chi connectivity index (χ4v) is 3.56. The Balaban J connectivity index is 1.75. The molecule has 0 radical (unpaired) electrons. The van der Waals surface area contributed by atoms with Crippen LogP contribution in [0.15, 0.2) is 72.8 Å². The largest absolute Gasteiger partial charge is 0.465 e. The normalized spacial score (nSPS) is 10.1. The van der Waals surface area contributed by atoms with E-state index in [1.54, 1.807) is 49.4 Å². The van der Waals surface area contributed by atoms with Crippen LogP contribution in [-0.4, -0.2) is 40.0 Å². The maximum Gasteiger partial charge on any atom is 0.373 e. The van der Waals surface area contributed by atoms with Gasteiger partial charge in [-0.05, 0) is 43.3 Å². The summed E-state index contributed by atoms with van der Waals surface area (Å²) in [7, 11) is 0. The van der Waals surface area contributed by atoms with Crippen LogP contribution in [-0.2, 0) is 9.53 Å². The summed E-state index contributed by atoms with van der Waals surface area (Å²) in [6, 6.07) is 19.7. The van der Waals surface area contributed by atoms with Gasteiger partial charge in [-0.25, -0.2) is 4.79 Å². The summed E-state index contributed by atoms with van der Waals surface area (Å²) < 4.78 is 22.2. The molecule has 0 fully saturated rings. The van der Waals surface area contributed by atoms with Crippen molar-refractivity contribution < 1.29 is 33.5 Å². The van der Waals surface area contributed by atoms with Gasteiger partial charge in [0.2, 0.25) is 5.82 Å². The van der Waals surface area contributed by atoms with Crippen molar-refractivity contribution in [1.29, 1.82) is 5.26 Å². The van der Waals surface area contributed by atoms with Crippen LogP contribution < -0.4 is 30.6 Å². The Morgan fingerprint density at radius 2 is 1.67 bits per heavy atom. The summed E-state index contributed by atoms with van der Waals surface area (Å²) in [6.45, 7) is 1.23. The maximum absolute atomic E-state index is 12.2. The van der Waals surface area contributed by atoms with Crippen molar-refractivity contribution in [2.24, 2.45) is 5.73 Å². The van der Waals surface area contributed by atoms with Crippen LogP contribution in [0.25, 0.3) is 0 Å². The van der Waals surface area contributed by atoms with Crippen molar-refractivity contribution >= 4 is 29.2 Å². The first-order valence-electron chi connectivity index (χ1n) is 12.5. The van der Waals surface area contributed by atoms with Crippen LogP contribution in [0.5, 0.6) is 34.9 Å². The summed E-state index contributed by atoms with van der Waals surface area (Å²) in [5.74, 6) is -0.891. The molecule has 0 bridgehead atoms. The van der Waals surface area contributed by atoms with Crippen LogP contribution in [0, 0.1) is 21.4 Å².